The van der Waals surface area contributed by atoms with Crippen LogP contribution in [-0.2, 0) is 11.4 Å². The molecular formula is C28H26FN5O2. The second kappa shape index (κ2) is 9.65. The van der Waals surface area contributed by atoms with Crippen LogP contribution in [0.25, 0.3) is 0 Å². The Kier molecular flexibility index (Phi) is 6.25. The molecule has 182 valence electrons. The summed E-state index contributed by atoms with van der Waals surface area (Å²) in [5.74, 6) is 0.591. The summed E-state index contributed by atoms with van der Waals surface area (Å²) in [6.07, 6.45) is 1.45. The zero-order valence-electron chi connectivity index (χ0n) is 20.2. The lowest BCUT2D eigenvalue weighted by Gasteiger charge is -2.30. The summed E-state index contributed by atoms with van der Waals surface area (Å²) in [5, 5.41) is 10.7. The van der Waals surface area contributed by atoms with Crippen molar-refractivity contribution in [2.75, 3.05) is 10.6 Å². The number of allylic oxidation sites excluding steroid dienone is 1. The van der Waals surface area contributed by atoms with E-state index in [2.05, 4.69) is 20.7 Å². The van der Waals surface area contributed by atoms with Crippen molar-refractivity contribution in [2.24, 2.45) is 0 Å². The van der Waals surface area contributed by atoms with Gasteiger partial charge in [-0.2, -0.15) is 10.1 Å². The fraction of sp³-hybridized carbons (Fsp3) is 0.179. The first-order valence-corrected chi connectivity index (χ1v) is 11.6. The molecule has 0 radical (unpaired) electrons. The highest BCUT2D eigenvalue weighted by Crippen LogP contribution is 2.39. The molecule has 0 fully saturated rings. The van der Waals surface area contributed by atoms with E-state index in [1.165, 1.54) is 18.5 Å². The fourth-order valence-electron chi connectivity index (χ4n) is 4.40. The monoisotopic (exact) mass is 483 g/mol. The highest BCUT2D eigenvalue weighted by atomic mass is 19.1. The van der Waals surface area contributed by atoms with Crippen molar-refractivity contribution in [2.45, 2.75) is 33.4 Å². The van der Waals surface area contributed by atoms with E-state index in [0.29, 0.717) is 23.0 Å². The first-order valence-electron chi connectivity index (χ1n) is 11.6. The lowest BCUT2D eigenvalue weighted by molar-refractivity contribution is -0.113. The molecule has 1 amide bonds. The number of ether oxygens (including phenoxy) is 1. The minimum absolute atomic E-state index is 0.244. The van der Waals surface area contributed by atoms with E-state index in [9.17, 15) is 9.18 Å². The van der Waals surface area contributed by atoms with E-state index in [1.54, 1.807) is 16.8 Å². The molecule has 2 N–H and O–H groups in total. The number of halogens is 1. The zero-order valence-corrected chi connectivity index (χ0v) is 20.2. The lowest BCUT2D eigenvalue weighted by Crippen LogP contribution is -2.32. The number of benzene rings is 3. The van der Waals surface area contributed by atoms with Gasteiger partial charge in [-0.1, -0.05) is 48.0 Å². The van der Waals surface area contributed by atoms with Crippen molar-refractivity contribution >= 4 is 17.5 Å². The number of nitrogens with one attached hydrogen (secondary N) is 2. The van der Waals surface area contributed by atoms with Gasteiger partial charge in [0.15, 0.2) is 0 Å². The number of aryl methyl sites for hydroxylation is 2. The summed E-state index contributed by atoms with van der Waals surface area (Å²) in [5.41, 5.74) is 5.62. The Morgan fingerprint density at radius 3 is 2.64 bits per heavy atom. The van der Waals surface area contributed by atoms with E-state index in [1.807, 2.05) is 63.2 Å². The number of fused-ring (bicyclic) bond motifs is 1. The topological polar surface area (TPSA) is 81.1 Å². The number of rotatable bonds is 6. The average Bonchev–Trinajstić information content (AvgIpc) is 3.33. The van der Waals surface area contributed by atoms with Crippen molar-refractivity contribution < 1.29 is 13.9 Å². The van der Waals surface area contributed by atoms with Crippen LogP contribution in [0, 0.1) is 19.7 Å². The lowest BCUT2D eigenvalue weighted by atomic mass is 9.94. The van der Waals surface area contributed by atoms with E-state index in [4.69, 9.17) is 4.74 Å². The zero-order chi connectivity index (χ0) is 25.2. The minimum atomic E-state index is -0.570. The maximum absolute atomic E-state index is 13.7. The van der Waals surface area contributed by atoms with Crippen molar-refractivity contribution in [3.8, 4) is 5.75 Å². The van der Waals surface area contributed by atoms with Gasteiger partial charge < -0.3 is 15.4 Å². The molecule has 0 unspecified atom stereocenters. The maximum Gasteiger partial charge on any atom is 0.255 e. The Labute approximate surface area is 208 Å². The molecule has 1 aromatic heterocycles. The van der Waals surface area contributed by atoms with Crippen LogP contribution >= 0.6 is 0 Å². The van der Waals surface area contributed by atoms with Gasteiger partial charge in [0, 0.05) is 16.9 Å². The normalized spacial score (nSPS) is 14.7. The highest BCUT2D eigenvalue weighted by molar-refractivity contribution is 6.06. The number of hydrogen-bond acceptors (Lipinski definition) is 5. The third-order valence-corrected chi connectivity index (χ3v) is 6.19. The van der Waals surface area contributed by atoms with Gasteiger partial charge in [-0.05, 0) is 56.2 Å². The summed E-state index contributed by atoms with van der Waals surface area (Å²) >= 11 is 0. The van der Waals surface area contributed by atoms with Crippen LogP contribution in [0.5, 0.6) is 5.75 Å². The van der Waals surface area contributed by atoms with Gasteiger partial charge in [0.1, 0.15) is 30.5 Å². The molecule has 2 heterocycles. The molecule has 36 heavy (non-hydrogen) atoms. The summed E-state index contributed by atoms with van der Waals surface area (Å²) in [4.78, 5) is 18.0. The molecule has 0 bridgehead atoms. The second-order valence-electron chi connectivity index (χ2n) is 8.82. The molecule has 4 aromatic rings. The van der Waals surface area contributed by atoms with Crippen molar-refractivity contribution in [1.29, 1.82) is 0 Å². The van der Waals surface area contributed by atoms with Crippen LogP contribution in [0.4, 0.5) is 16.0 Å². The minimum Gasteiger partial charge on any atom is -0.489 e. The molecule has 0 aliphatic carbocycles. The number of nitrogens with zero attached hydrogens (tertiary/aromatic N) is 3. The molecule has 1 aliphatic rings. The first kappa shape index (κ1) is 23.3. The molecule has 7 nitrogen and oxygen atoms in total. The van der Waals surface area contributed by atoms with Gasteiger partial charge >= 0.3 is 0 Å². The molecule has 1 aliphatic heterocycles. The number of carbonyl (C=O) groups is 1. The molecule has 3 aromatic carbocycles. The molecule has 0 spiro atoms. The number of aromatic nitrogens is 3. The smallest absolute Gasteiger partial charge is 0.255 e. The molecular weight excluding hydrogens is 457 g/mol. The Hall–Kier alpha value is -4.46. The quantitative estimate of drug-likeness (QED) is 0.376. The number of carbonyl (C=O) groups excluding carboxylic acids is 1. The van der Waals surface area contributed by atoms with Crippen molar-refractivity contribution in [1.82, 2.24) is 14.8 Å². The number of hydrogen-bond donors (Lipinski definition) is 2. The third-order valence-electron chi connectivity index (χ3n) is 6.19. The second-order valence-corrected chi connectivity index (χ2v) is 8.82. The SMILES string of the molecule is CC1=C(C(=O)Nc2ccc(C)cc2C)[C@@H](c2ccccc2OCc2ccc(F)cc2)n2ncnc2N1. The van der Waals surface area contributed by atoms with Crippen molar-refractivity contribution in [3.63, 3.8) is 0 Å². The molecule has 8 heteroatoms. The number of amides is 1. The summed E-state index contributed by atoms with van der Waals surface area (Å²) < 4.78 is 21.2. The molecule has 0 saturated heterocycles. The Morgan fingerprint density at radius 2 is 1.86 bits per heavy atom. The molecule has 5 rings (SSSR count). The van der Waals surface area contributed by atoms with Crippen LogP contribution in [0.2, 0.25) is 0 Å². The Balaban J connectivity index is 1.51. The Morgan fingerprint density at radius 1 is 1.08 bits per heavy atom. The van der Waals surface area contributed by atoms with Gasteiger partial charge in [-0.3, -0.25) is 4.79 Å². The standard InChI is InChI=1S/C28H26FN5O2/c1-17-8-13-23(18(2)14-17)33-27(35)25-19(3)32-28-30-16-31-34(28)26(25)22-6-4-5-7-24(22)36-15-20-9-11-21(29)12-10-20/h4-14,16,26H,15H2,1-3H3,(H,33,35)(H,30,31,32)/t26-/m1/s1. The van der Waals surface area contributed by atoms with Gasteiger partial charge in [-0.15, -0.1) is 0 Å². The van der Waals surface area contributed by atoms with E-state index in [0.717, 1.165) is 27.9 Å². The molecule has 1 atom stereocenters. The number of para-hydroxylation sites is 1. The Bertz CT molecular complexity index is 1460. The van der Waals surface area contributed by atoms with Gasteiger partial charge in [0.25, 0.3) is 5.91 Å². The molecule has 0 saturated carbocycles. The number of anilines is 2. The summed E-state index contributed by atoms with van der Waals surface area (Å²) in [6.45, 7) is 6.08. The van der Waals surface area contributed by atoms with Crippen LogP contribution in [-0.4, -0.2) is 20.7 Å². The predicted octanol–water partition coefficient (Wildman–Crippen LogP) is 5.54. The van der Waals surface area contributed by atoms with Crippen LogP contribution in [0.1, 0.15) is 35.2 Å². The van der Waals surface area contributed by atoms with Gasteiger partial charge in [-0.25, -0.2) is 9.07 Å². The summed E-state index contributed by atoms with van der Waals surface area (Å²) in [7, 11) is 0. The predicted molar refractivity (Wildman–Crippen MR) is 136 cm³/mol. The highest BCUT2D eigenvalue weighted by Gasteiger charge is 2.35. The van der Waals surface area contributed by atoms with E-state index >= 15 is 0 Å². The fourth-order valence-corrected chi connectivity index (χ4v) is 4.40. The first-order chi connectivity index (χ1) is 17.4. The average molecular weight is 484 g/mol. The van der Waals surface area contributed by atoms with Gasteiger partial charge in [0.2, 0.25) is 5.95 Å². The van der Waals surface area contributed by atoms with Crippen LogP contribution < -0.4 is 15.4 Å². The van der Waals surface area contributed by atoms with Crippen LogP contribution in [0.15, 0.2) is 84.3 Å². The third kappa shape index (κ3) is 4.57. The largest absolute Gasteiger partial charge is 0.489 e. The van der Waals surface area contributed by atoms with Gasteiger partial charge in [0.05, 0.1) is 5.57 Å². The van der Waals surface area contributed by atoms with E-state index < -0.39 is 6.04 Å². The maximum atomic E-state index is 13.7. The summed E-state index contributed by atoms with van der Waals surface area (Å²) in [6, 6.07) is 19.1. The van der Waals surface area contributed by atoms with E-state index in [-0.39, 0.29) is 18.3 Å². The van der Waals surface area contributed by atoms with Crippen LogP contribution in [0.3, 0.4) is 0 Å². The van der Waals surface area contributed by atoms with Crippen molar-refractivity contribution in [3.05, 3.63) is 112 Å².